The first-order valence-corrected chi connectivity index (χ1v) is 24.5. The molecule has 64 heavy (non-hydrogen) atoms. The fourth-order valence-corrected chi connectivity index (χ4v) is 13.2. The molecule has 13 rings (SSSR count). The Bertz CT molecular complexity index is 3520. The Morgan fingerprint density at radius 2 is 0.938 bits per heavy atom. The smallest absolute Gasteiger partial charge is 0.252 e. The maximum Gasteiger partial charge on any atom is 0.252 e. The van der Waals surface area contributed by atoms with Crippen molar-refractivity contribution in [1.29, 1.82) is 0 Å². The van der Waals surface area contributed by atoms with E-state index in [2.05, 4.69) is 195 Å². The van der Waals surface area contributed by atoms with Crippen molar-refractivity contribution in [2.75, 3.05) is 0 Å². The normalized spacial score (nSPS) is 14.9. The third-order valence-electron chi connectivity index (χ3n) is 16.5. The lowest BCUT2D eigenvalue weighted by molar-refractivity contribution is 0.741. The van der Waals surface area contributed by atoms with Crippen molar-refractivity contribution in [2.45, 2.75) is 124 Å². The highest BCUT2D eigenvalue weighted by atomic mass is 15.1. The van der Waals surface area contributed by atoms with E-state index in [0.717, 1.165) is 0 Å². The fourth-order valence-electron chi connectivity index (χ4n) is 13.2. The van der Waals surface area contributed by atoms with Crippen LogP contribution in [-0.2, 0) is 5.41 Å². The lowest BCUT2D eigenvalue weighted by atomic mass is 9.33. The van der Waals surface area contributed by atoms with E-state index in [1.165, 1.54) is 138 Å². The van der Waals surface area contributed by atoms with Crippen LogP contribution in [-0.4, -0.2) is 15.8 Å². The summed E-state index contributed by atoms with van der Waals surface area (Å²) < 4.78 is 5.49. The molecule has 7 aromatic carbocycles. The zero-order chi connectivity index (χ0) is 44.2. The predicted octanol–water partition coefficient (Wildman–Crippen LogP) is 14.4. The van der Waals surface area contributed by atoms with Crippen molar-refractivity contribution in [1.82, 2.24) is 9.13 Å². The average Bonchev–Trinajstić information content (AvgIpc) is 3.90. The maximum atomic E-state index is 2.79. The van der Waals surface area contributed by atoms with Crippen LogP contribution in [0.2, 0.25) is 0 Å². The van der Waals surface area contributed by atoms with Gasteiger partial charge in [0, 0.05) is 44.0 Å². The molecule has 0 atom stereocenters. The molecule has 3 aliphatic heterocycles. The molecule has 4 aliphatic rings. The van der Waals surface area contributed by atoms with Crippen LogP contribution in [0.15, 0.2) is 103 Å². The average molecular weight is 831 g/mol. The Labute approximate surface area is 379 Å². The van der Waals surface area contributed by atoms with E-state index < -0.39 is 5.41 Å². The predicted molar refractivity (Wildman–Crippen MR) is 275 cm³/mol. The molecule has 1 aliphatic carbocycles. The SMILES string of the molecule is CC(C)c1ccc2c(c1)-c1cc(C(C)C)ccc1C21c2ccc3c4c2-n2c5c(cc(C(C)C)cc5c5cc(C(C)C)cc1c52)B4c1cc(C(C)C)cc2c4c(C(C)C)cccc4n-3c12. The number of fused-ring (bicyclic) bond motifs is 14. The zero-order valence-electron chi connectivity index (χ0n) is 39.8. The fraction of sp³-hybridized carbons (Fsp3) is 0.311. The second kappa shape index (κ2) is 12.7. The van der Waals surface area contributed by atoms with Gasteiger partial charge in [0.1, 0.15) is 0 Å². The highest BCUT2D eigenvalue weighted by molar-refractivity contribution is 7.00. The molecule has 316 valence electrons. The molecule has 0 bridgehead atoms. The Morgan fingerprint density at radius 3 is 1.50 bits per heavy atom. The lowest BCUT2D eigenvalue weighted by Crippen LogP contribution is -2.60. The minimum Gasteiger partial charge on any atom is -0.310 e. The lowest BCUT2D eigenvalue weighted by Gasteiger charge is -2.44. The van der Waals surface area contributed by atoms with Crippen molar-refractivity contribution in [3.63, 3.8) is 0 Å². The van der Waals surface area contributed by atoms with E-state index in [-0.39, 0.29) is 6.71 Å². The van der Waals surface area contributed by atoms with Crippen LogP contribution in [0, 0.1) is 0 Å². The van der Waals surface area contributed by atoms with Crippen LogP contribution < -0.4 is 16.4 Å². The summed E-state index contributed by atoms with van der Waals surface area (Å²) >= 11 is 0. The van der Waals surface area contributed by atoms with E-state index in [1.807, 2.05) is 0 Å². The van der Waals surface area contributed by atoms with E-state index in [9.17, 15) is 0 Å². The molecular weight excluding hydrogens is 771 g/mol. The van der Waals surface area contributed by atoms with Gasteiger partial charge in [0.2, 0.25) is 0 Å². The Hall–Kier alpha value is -5.80. The summed E-state index contributed by atoms with van der Waals surface area (Å²) in [6.45, 7) is 28.5. The van der Waals surface area contributed by atoms with Gasteiger partial charge in [-0.2, -0.15) is 0 Å². The molecule has 0 fully saturated rings. The summed E-state index contributed by atoms with van der Waals surface area (Å²) in [5.74, 6) is 2.43. The summed E-state index contributed by atoms with van der Waals surface area (Å²) in [6.07, 6.45) is 0. The van der Waals surface area contributed by atoms with Crippen LogP contribution in [0.25, 0.3) is 66.1 Å². The summed E-state index contributed by atoms with van der Waals surface area (Å²) in [7, 11) is 0. The number of hydrogen-bond donors (Lipinski definition) is 0. The van der Waals surface area contributed by atoms with E-state index in [4.69, 9.17) is 0 Å². The van der Waals surface area contributed by atoms with Crippen LogP contribution >= 0.6 is 0 Å². The van der Waals surface area contributed by atoms with Gasteiger partial charge in [0.05, 0.1) is 16.4 Å². The highest BCUT2D eigenvalue weighted by Gasteiger charge is 2.54. The van der Waals surface area contributed by atoms with Crippen LogP contribution in [0.4, 0.5) is 0 Å². The van der Waals surface area contributed by atoms with Gasteiger partial charge in [-0.3, -0.25) is 0 Å². The van der Waals surface area contributed by atoms with Crippen molar-refractivity contribution >= 4 is 66.7 Å². The Kier molecular flexibility index (Phi) is 7.68. The van der Waals surface area contributed by atoms with Crippen LogP contribution in [0.3, 0.4) is 0 Å². The van der Waals surface area contributed by atoms with E-state index in [1.54, 1.807) is 0 Å². The topological polar surface area (TPSA) is 9.86 Å². The number of benzene rings is 7. The van der Waals surface area contributed by atoms with Gasteiger partial charge in [0.25, 0.3) is 6.71 Å². The van der Waals surface area contributed by atoms with Crippen LogP contribution in [0.1, 0.15) is 174 Å². The van der Waals surface area contributed by atoms with Crippen LogP contribution in [0.5, 0.6) is 0 Å². The molecule has 0 unspecified atom stereocenters. The molecule has 9 aromatic rings. The van der Waals surface area contributed by atoms with E-state index >= 15 is 0 Å². The largest absolute Gasteiger partial charge is 0.310 e. The zero-order valence-corrected chi connectivity index (χ0v) is 39.8. The third-order valence-corrected chi connectivity index (χ3v) is 16.5. The third kappa shape index (κ3) is 4.50. The van der Waals surface area contributed by atoms with Gasteiger partial charge in [0.15, 0.2) is 0 Å². The van der Waals surface area contributed by atoms with Crippen molar-refractivity contribution < 1.29 is 0 Å². The summed E-state index contributed by atoms with van der Waals surface area (Å²) in [4.78, 5) is 0. The standard InChI is InChI=1S/C61H59BN2/c1-30(2)36-16-18-47-42(22-36)43-23-37(31(3)4)17-19-48(43)61(47)49-20-21-54-56-60(49)64-57-44(24-38(32(5)6)27-50(57)61)45-25-39(33(7)8)28-51(58(45)64)62(56)52-29-40(34(9)10)26-46-55-41(35(11)12)14-13-15-53(55)63(54)59(46)52/h13-35H,1-12H3. The molecule has 1 spiro atoms. The number of nitrogens with zero attached hydrogens (tertiary/aromatic N) is 2. The Balaban J connectivity index is 1.30. The number of aromatic nitrogens is 2. The molecule has 0 saturated carbocycles. The number of hydrogen-bond acceptors (Lipinski definition) is 0. The maximum absolute atomic E-state index is 2.79. The molecule has 2 aromatic heterocycles. The first-order chi connectivity index (χ1) is 30.7. The Morgan fingerprint density at radius 1 is 0.422 bits per heavy atom. The molecule has 5 heterocycles. The second-order valence-corrected chi connectivity index (χ2v) is 22.0. The molecule has 0 N–H and O–H groups in total. The molecule has 2 nitrogen and oxygen atoms in total. The first kappa shape index (κ1) is 38.6. The van der Waals surface area contributed by atoms with Crippen molar-refractivity contribution in [3.8, 4) is 22.5 Å². The highest BCUT2D eigenvalue weighted by Crippen LogP contribution is 2.62. The summed E-state index contributed by atoms with van der Waals surface area (Å²) in [6, 6.07) is 42.9. The first-order valence-electron chi connectivity index (χ1n) is 24.5. The molecular formula is C61H59BN2. The molecule has 3 heteroatoms. The monoisotopic (exact) mass is 830 g/mol. The van der Waals surface area contributed by atoms with E-state index in [0.29, 0.717) is 35.5 Å². The quantitative estimate of drug-likeness (QED) is 0.148. The van der Waals surface area contributed by atoms with Crippen molar-refractivity contribution in [2.24, 2.45) is 0 Å². The molecule has 0 radical (unpaired) electrons. The van der Waals surface area contributed by atoms with Crippen molar-refractivity contribution in [3.05, 3.63) is 159 Å². The summed E-state index contributed by atoms with van der Waals surface area (Å²) in [5.41, 5.74) is 29.2. The van der Waals surface area contributed by atoms with Gasteiger partial charge in [-0.15, -0.1) is 0 Å². The van der Waals surface area contributed by atoms with Gasteiger partial charge >= 0.3 is 0 Å². The summed E-state index contributed by atoms with van der Waals surface area (Å²) in [5, 5.41) is 5.65. The van der Waals surface area contributed by atoms with Gasteiger partial charge in [-0.1, -0.05) is 156 Å². The number of rotatable bonds is 6. The molecule has 0 saturated heterocycles. The van der Waals surface area contributed by atoms with Gasteiger partial charge < -0.3 is 9.13 Å². The molecule has 0 amide bonds. The minimum absolute atomic E-state index is 0.0821. The minimum atomic E-state index is -0.505. The second-order valence-electron chi connectivity index (χ2n) is 22.0. The van der Waals surface area contributed by atoms with Gasteiger partial charge in [-0.05, 0) is 149 Å². The van der Waals surface area contributed by atoms with Gasteiger partial charge in [-0.25, -0.2) is 0 Å².